The van der Waals surface area contributed by atoms with Crippen LogP contribution in [0, 0.1) is 0 Å². The van der Waals surface area contributed by atoms with Crippen LogP contribution >= 0.6 is 0 Å². The predicted octanol–water partition coefficient (Wildman–Crippen LogP) is 3.18. The average Bonchev–Trinajstić information content (AvgIpc) is 3.06. The highest BCUT2D eigenvalue weighted by Crippen LogP contribution is 2.35. The normalized spacial score (nSPS) is 15.1. The number of para-hydroxylation sites is 1. The predicted molar refractivity (Wildman–Crippen MR) is 113 cm³/mol. The minimum absolute atomic E-state index is 0.0432. The van der Waals surface area contributed by atoms with Gasteiger partial charge in [-0.3, -0.25) is 0 Å². The summed E-state index contributed by atoms with van der Waals surface area (Å²) in [4.78, 5) is 4.38. The Labute approximate surface area is 163 Å². The summed E-state index contributed by atoms with van der Waals surface area (Å²) in [6.45, 7) is 4.65. The third-order valence-corrected chi connectivity index (χ3v) is 7.00. The maximum Gasteiger partial charge on any atom is 0.214 e. The van der Waals surface area contributed by atoms with Crippen LogP contribution in [-0.2, 0) is 16.4 Å². The van der Waals surface area contributed by atoms with E-state index in [0.717, 1.165) is 24.2 Å². The first-order chi connectivity index (χ1) is 12.8. The fourth-order valence-corrected chi connectivity index (χ4v) is 4.18. The number of anilines is 2. The molecule has 0 bridgehead atoms. The van der Waals surface area contributed by atoms with E-state index in [2.05, 4.69) is 57.0 Å². The molecule has 6 heteroatoms. The molecule has 5 nitrogen and oxygen atoms in total. The molecule has 2 aromatic carbocycles. The van der Waals surface area contributed by atoms with Crippen molar-refractivity contribution >= 4 is 21.4 Å². The fourth-order valence-electron chi connectivity index (χ4n) is 3.45. The van der Waals surface area contributed by atoms with Gasteiger partial charge in [-0.2, -0.15) is 0 Å². The van der Waals surface area contributed by atoms with E-state index in [-0.39, 0.29) is 6.04 Å². The lowest BCUT2D eigenvalue weighted by atomic mass is 10.0. The zero-order valence-corrected chi connectivity index (χ0v) is 17.3. The zero-order valence-electron chi connectivity index (χ0n) is 16.5. The third kappa shape index (κ3) is 4.28. The van der Waals surface area contributed by atoms with Gasteiger partial charge in [0.25, 0.3) is 0 Å². The van der Waals surface area contributed by atoms with Crippen LogP contribution in [0.2, 0.25) is 0 Å². The Morgan fingerprint density at radius 2 is 1.74 bits per heavy atom. The summed E-state index contributed by atoms with van der Waals surface area (Å²) in [5.74, 6) is 0. The molecule has 1 aliphatic rings. The van der Waals surface area contributed by atoms with Gasteiger partial charge in [-0.15, -0.1) is 0 Å². The lowest BCUT2D eigenvalue weighted by molar-refractivity contribution is 0.555. The van der Waals surface area contributed by atoms with Crippen LogP contribution in [0.15, 0.2) is 48.5 Å². The summed E-state index contributed by atoms with van der Waals surface area (Å²) >= 11 is 0. The standard InChI is InChI=1S/C21H29N3O2S/c1-16(2)27(25,26)22-15-21(18-9-11-19(12-10-18)23(3)4)24-14-13-17-7-5-6-8-20(17)24/h5-12,16,21-22H,13-15H2,1-4H3/t21-/m1/s1. The van der Waals surface area contributed by atoms with Crippen molar-refractivity contribution in [1.82, 2.24) is 4.72 Å². The van der Waals surface area contributed by atoms with E-state index in [9.17, 15) is 8.42 Å². The lowest BCUT2D eigenvalue weighted by Crippen LogP contribution is -2.39. The molecule has 1 heterocycles. The number of hydrogen-bond donors (Lipinski definition) is 1. The van der Waals surface area contributed by atoms with Crippen LogP contribution in [0.1, 0.15) is 31.0 Å². The molecule has 146 valence electrons. The summed E-state index contributed by atoms with van der Waals surface area (Å²) < 4.78 is 27.5. The van der Waals surface area contributed by atoms with E-state index >= 15 is 0 Å². The number of benzene rings is 2. The van der Waals surface area contributed by atoms with Crippen LogP contribution in [0.25, 0.3) is 0 Å². The molecule has 0 aromatic heterocycles. The Bertz CT molecular complexity index is 877. The molecular formula is C21H29N3O2S. The molecule has 27 heavy (non-hydrogen) atoms. The van der Waals surface area contributed by atoms with Crippen LogP contribution in [0.4, 0.5) is 11.4 Å². The fraction of sp³-hybridized carbons (Fsp3) is 0.429. The zero-order chi connectivity index (χ0) is 19.6. The number of nitrogens with zero attached hydrogens (tertiary/aromatic N) is 2. The number of rotatable bonds is 7. The van der Waals surface area contributed by atoms with Gasteiger partial charge in [-0.05, 0) is 49.6 Å². The van der Waals surface area contributed by atoms with Gasteiger partial charge in [0, 0.05) is 38.6 Å². The second-order valence-corrected chi connectivity index (χ2v) is 9.84. The molecular weight excluding hydrogens is 358 g/mol. The van der Waals surface area contributed by atoms with Gasteiger partial charge in [0.15, 0.2) is 0 Å². The minimum Gasteiger partial charge on any atom is -0.378 e. The molecule has 0 radical (unpaired) electrons. The first-order valence-corrected chi connectivity index (χ1v) is 10.9. The molecule has 0 fully saturated rings. The number of nitrogens with one attached hydrogen (secondary N) is 1. The Morgan fingerprint density at radius 3 is 2.37 bits per heavy atom. The molecule has 0 unspecified atom stereocenters. The minimum atomic E-state index is -3.31. The molecule has 0 saturated heterocycles. The Morgan fingerprint density at radius 1 is 1.07 bits per heavy atom. The van der Waals surface area contributed by atoms with Gasteiger partial charge in [0.1, 0.15) is 0 Å². The van der Waals surface area contributed by atoms with Gasteiger partial charge < -0.3 is 9.80 Å². The molecule has 3 rings (SSSR count). The first-order valence-electron chi connectivity index (χ1n) is 9.40. The summed E-state index contributed by atoms with van der Waals surface area (Å²) in [5.41, 5.74) is 4.76. The van der Waals surface area contributed by atoms with Crippen LogP contribution in [0.5, 0.6) is 0 Å². The number of fused-ring (bicyclic) bond motifs is 1. The molecule has 0 saturated carbocycles. The summed E-state index contributed by atoms with van der Waals surface area (Å²) in [6, 6.07) is 16.7. The second kappa shape index (κ2) is 7.90. The van der Waals surface area contributed by atoms with Gasteiger partial charge in [0.05, 0.1) is 11.3 Å². The smallest absolute Gasteiger partial charge is 0.214 e. The van der Waals surface area contributed by atoms with E-state index in [1.54, 1.807) is 13.8 Å². The van der Waals surface area contributed by atoms with Crippen molar-refractivity contribution in [2.45, 2.75) is 31.6 Å². The summed E-state index contributed by atoms with van der Waals surface area (Å²) in [6.07, 6.45) is 0.986. The highest BCUT2D eigenvalue weighted by Gasteiger charge is 2.28. The topological polar surface area (TPSA) is 52.7 Å². The Kier molecular flexibility index (Phi) is 5.77. The largest absolute Gasteiger partial charge is 0.378 e. The van der Waals surface area contributed by atoms with Gasteiger partial charge in [-0.1, -0.05) is 30.3 Å². The highest BCUT2D eigenvalue weighted by molar-refractivity contribution is 7.90. The molecule has 0 amide bonds. The van der Waals surface area contributed by atoms with Crippen molar-refractivity contribution in [3.8, 4) is 0 Å². The molecule has 2 aromatic rings. The van der Waals surface area contributed by atoms with E-state index in [0.29, 0.717) is 6.54 Å². The van der Waals surface area contributed by atoms with Crippen molar-refractivity contribution in [2.24, 2.45) is 0 Å². The molecule has 0 spiro atoms. The maximum atomic E-state index is 12.3. The first kappa shape index (κ1) is 19.7. The molecule has 1 N–H and O–H groups in total. The second-order valence-electron chi connectivity index (χ2n) is 7.52. The van der Waals surface area contributed by atoms with Gasteiger partial charge >= 0.3 is 0 Å². The van der Waals surface area contributed by atoms with Crippen LogP contribution < -0.4 is 14.5 Å². The highest BCUT2D eigenvalue weighted by atomic mass is 32.2. The lowest BCUT2D eigenvalue weighted by Gasteiger charge is -2.31. The Hall–Kier alpha value is -2.05. The third-order valence-electron chi connectivity index (χ3n) is 5.19. The van der Waals surface area contributed by atoms with Gasteiger partial charge in [0.2, 0.25) is 10.0 Å². The number of sulfonamides is 1. The van der Waals surface area contributed by atoms with Crippen molar-refractivity contribution in [2.75, 3.05) is 37.0 Å². The van der Waals surface area contributed by atoms with E-state index in [1.165, 1.54) is 11.3 Å². The van der Waals surface area contributed by atoms with Crippen molar-refractivity contribution in [3.05, 3.63) is 59.7 Å². The Balaban J connectivity index is 1.92. The monoisotopic (exact) mass is 387 g/mol. The van der Waals surface area contributed by atoms with Crippen molar-refractivity contribution in [1.29, 1.82) is 0 Å². The van der Waals surface area contributed by atoms with E-state index in [4.69, 9.17) is 0 Å². The van der Waals surface area contributed by atoms with Crippen LogP contribution in [-0.4, -0.2) is 40.9 Å². The van der Waals surface area contributed by atoms with Crippen molar-refractivity contribution < 1.29 is 8.42 Å². The van der Waals surface area contributed by atoms with Crippen molar-refractivity contribution in [3.63, 3.8) is 0 Å². The quantitative estimate of drug-likeness (QED) is 0.793. The molecule has 0 aliphatic carbocycles. The molecule has 1 atom stereocenters. The summed E-state index contributed by atoms with van der Waals surface area (Å²) in [5, 5.41) is -0.444. The maximum absolute atomic E-state index is 12.3. The van der Waals surface area contributed by atoms with E-state index in [1.807, 2.05) is 20.2 Å². The SMILES string of the molecule is CC(C)S(=O)(=O)NC[C@H](c1ccc(N(C)C)cc1)N1CCc2ccccc21. The van der Waals surface area contributed by atoms with E-state index < -0.39 is 15.3 Å². The van der Waals surface area contributed by atoms with Gasteiger partial charge in [-0.25, -0.2) is 13.1 Å². The number of hydrogen-bond acceptors (Lipinski definition) is 4. The molecule has 1 aliphatic heterocycles. The van der Waals surface area contributed by atoms with Crippen LogP contribution in [0.3, 0.4) is 0 Å². The average molecular weight is 388 g/mol. The summed E-state index contributed by atoms with van der Waals surface area (Å²) in [7, 11) is 0.713.